The van der Waals surface area contributed by atoms with Crippen molar-refractivity contribution in [2.75, 3.05) is 19.7 Å². The molecule has 1 saturated heterocycles. The van der Waals surface area contributed by atoms with Crippen LogP contribution < -0.4 is 10.6 Å². The fraction of sp³-hybridized carbons (Fsp3) is 0.562. The first-order valence-corrected chi connectivity index (χ1v) is 7.97. The maximum Gasteiger partial charge on any atom is 0.314 e. The summed E-state index contributed by atoms with van der Waals surface area (Å²) >= 11 is 6.08. The quantitative estimate of drug-likeness (QED) is 0.752. The Bertz CT molecular complexity index is 502. The predicted molar refractivity (Wildman–Crippen MR) is 86.0 cm³/mol. The van der Waals surface area contributed by atoms with Crippen molar-refractivity contribution in [1.29, 1.82) is 0 Å². The van der Waals surface area contributed by atoms with E-state index in [1.165, 1.54) is 0 Å². The van der Waals surface area contributed by atoms with Gasteiger partial charge in [0, 0.05) is 23.7 Å². The van der Waals surface area contributed by atoms with Crippen molar-refractivity contribution in [1.82, 2.24) is 10.6 Å². The van der Waals surface area contributed by atoms with Crippen molar-refractivity contribution in [3.8, 4) is 0 Å². The smallest absolute Gasteiger partial charge is 0.314 e. The summed E-state index contributed by atoms with van der Waals surface area (Å²) < 4.78 is 5.49. The van der Waals surface area contributed by atoms with Crippen LogP contribution in [-0.2, 0) is 10.3 Å². The number of carbonyl (C=O) groups is 1. The largest absolute Gasteiger partial charge is 0.384 e. The molecule has 2 rings (SSSR count). The lowest BCUT2D eigenvalue weighted by Gasteiger charge is -2.25. The third-order valence-electron chi connectivity index (χ3n) is 3.82. The number of amides is 2. The van der Waals surface area contributed by atoms with Gasteiger partial charge in [0.05, 0.1) is 12.6 Å². The summed E-state index contributed by atoms with van der Waals surface area (Å²) in [6.07, 6.45) is 3.22. The first kappa shape index (κ1) is 17.1. The Morgan fingerprint density at radius 2 is 2.23 bits per heavy atom. The minimum atomic E-state index is -1.22. The van der Waals surface area contributed by atoms with Crippen LogP contribution in [-0.4, -0.2) is 36.9 Å². The summed E-state index contributed by atoms with van der Waals surface area (Å²) in [4.78, 5) is 11.8. The molecule has 1 aliphatic heterocycles. The Kier molecular flexibility index (Phi) is 6.06. The van der Waals surface area contributed by atoms with Gasteiger partial charge in [-0.05, 0) is 32.3 Å². The monoisotopic (exact) mass is 326 g/mol. The van der Waals surface area contributed by atoms with Crippen LogP contribution in [0.3, 0.4) is 0 Å². The van der Waals surface area contributed by atoms with Gasteiger partial charge in [0.25, 0.3) is 0 Å². The second-order valence-corrected chi connectivity index (χ2v) is 6.19. The van der Waals surface area contributed by atoms with Crippen molar-refractivity contribution in [3.05, 3.63) is 34.9 Å². The number of hydrogen-bond acceptors (Lipinski definition) is 3. The number of aliphatic hydroxyl groups is 1. The molecule has 2 amide bonds. The van der Waals surface area contributed by atoms with Gasteiger partial charge < -0.3 is 20.5 Å². The van der Waals surface area contributed by atoms with Gasteiger partial charge in [-0.1, -0.05) is 29.8 Å². The number of carbonyl (C=O) groups excluding carboxylic acids is 1. The van der Waals surface area contributed by atoms with Gasteiger partial charge in [-0.2, -0.15) is 0 Å². The van der Waals surface area contributed by atoms with Gasteiger partial charge in [0.15, 0.2) is 0 Å². The second kappa shape index (κ2) is 7.81. The molecule has 1 aromatic carbocycles. The fourth-order valence-electron chi connectivity index (χ4n) is 2.53. The third kappa shape index (κ3) is 4.87. The Morgan fingerprint density at radius 1 is 1.45 bits per heavy atom. The highest BCUT2D eigenvalue weighted by Crippen LogP contribution is 2.27. The van der Waals surface area contributed by atoms with Gasteiger partial charge in [-0.3, -0.25) is 0 Å². The molecule has 0 radical (unpaired) electrons. The molecule has 0 bridgehead atoms. The molecule has 1 fully saturated rings. The molecular weight excluding hydrogens is 304 g/mol. The lowest BCUT2D eigenvalue weighted by molar-refractivity contribution is 0.0593. The Hall–Kier alpha value is -1.30. The first-order valence-electron chi connectivity index (χ1n) is 7.60. The van der Waals surface area contributed by atoms with E-state index in [1.807, 2.05) is 0 Å². The Morgan fingerprint density at radius 3 is 2.91 bits per heavy atom. The number of rotatable bonds is 6. The Balaban J connectivity index is 1.74. The van der Waals surface area contributed by atoms with Gasteiger partial charge in [0.1, 0.15) is 5.60 Å². The van der Waals surface area contributed by atoms with E-state index >= 15 is 0 Å². The number of ether oxygens (including phenoxy) is 1. The molecule has 0 spiro atoms. The minimum absolute atomic E-state index is 0.0858. The van der Waals surface area contributed by atoms with E-state index in [0.717, 1.165) is 25.9 Å². The van der Waals surface area contributed by atoms with Crippen molar-refractivity contribution in [2.24, 2.45) is 0 Å². The van der Waals surface area contributed by atoms with E-state index in [4.69, 9.17) is 16.3 Å². The van der Waals surface area contributed by atoms with Crippen LogP contribution in [0, 0.1) is 0 Å². The van der Waals surface area contributed by atoms with Crippen LogP contribution in [0.5, 0.6) is 0 Å². The molecule has 1 aromatic rings. The van der Waals surface area contributed by atoms with E-state index in [0.29, 0.717) is 17.1 Å². The molecule has 0 aromatic heterocycles. The van der Waals surface area contributed by atoms with Crippen LogP contribution in [0.4, 0.5) is 4.79 Å². The number of nitrogens with one attached hydrogen (secondary N) is 2. The highest BCUT2D eigenvalue weighted by molar-refractivity contribution is 6.31. The van der Waals surface area contributed by atoms with Crippen molar-refractivity contribution in [3.63, 3.8) is 0 Å². The Labute approximate surface area is 136 Å². The van der Waals surface area contributed by atoms with Gasteiger partial charge in [-0.15, -0.1) is 0 Å². The number of hydrogen-bond donors (Lipinski definition) is 3. The van der Waals surface area contributed by atoms with Crippen LogP contribution >= 0.6 is 11.6 Å². The third-order valence-corrected chi connectivity index (χ3v) is 4.15. The SMILES string of the molecule is C[C@](O)(CNC(=O)NCC[C@@H]1CCCO1)c1ccccc1Cl. The normalized spacial score (nSPS) is 20.4. The second-order valence-electron chi connectivity index (χ2n) is 5.79. The molecule has 122 valence electrons. The molecule has 2 atom stereocenters. The van der Waals surface area contributed by atoms with Crippen LogP contribution in [0.15, 0.2) is 24.3 Å². The molecule has 3 N–H and O–H groups in total. The van der Waals surface area contributed by atoms with E-state index in [-0.39, 0.29) is 18.7 Å². The van der Waals surface area contributed by atoms with Crippen LogP contribution in [0.25, 0.3) is 0 Å². The lowest BCUT2D eigenvalue weighted by Crippen LogP contribution is -2.44. The summed E-state index contributed by atoms with van der Waals surface area (Å²) in [5.41, 5.74) is -0.624. The summed E-state index contributed by atoms with van der Waals surface area (Å²) in [6.45, 7) is 3.09. The van der Waals surface area contributed by atoms with Crippen molar-refractivity contribution >= 4 is 17.6 Å². The lowest BCUT2D eigenvalue weighted by atomic mass is 9.96. The zero-order valence-corrected chi connectivity index (χ0v) is 13.5. The van der Waals surface area contributed by atoms with Crippen LogP contribution in [0.2, 0.25) is 5.02 Å². The number of urea groups is 1. The number of benzene rings is 1. The van der Waals surface area contributed by atoms with Gasteiger partial charge in [0.2, 0.25) is 0 Å². The average molecular weight is 327 g/mol. The summed E-state index contributed by atoms with van der Waals surface area (Å²) in [6, 6.07) is 6.77. The minimum Gasteiger partial charge on any atom is -0.384 e. The topological polar surface area (TPSA) is 70.6 Å². The summed E-state index contributed by atoms with van der Waals surface area (Å²) in [7, 11) is 0. The van der Waals surface area contributed by atoms with E-state index in [9.17, 15) is 9.90 Å². The molecule has 22 heavy (non-hydrogen) atoms. The highest BCUT2D eigenvalue weighted by atomic mass is 35.5. The average Bonchev–Trinajstić information content (AvgIpc) is 2.99. The number of halogens is 1. The van der Waals surface area contributed by atoms with Crippen molar-refractivity contribution < 1.29 is 14.6 Å². The summed E-state index contributed by atoms with van der Waals surface area (Å²) in [5.74, 6) is 0. The summed E-state index contributed by atoms with van der Waals surface area (Å²) in [5, 5.41) is 16.4. The molecule has 6 heteroatoms. The van der Waals surface area contributed by atoms with E-state index in [1.54, 1.807) is 31.2 Å². The zero-order valence-electron chi connectivity index (χ0n) is 12.8. The van der Waals surface area contributed by atoms with E-state index < -0.39 is 5.60 Å². The zero-order chi connectivity index (χ0) is 16.0. The molecule has 0 saturated carbocycles. The molecule has 0 aliphatic carbocycles. The van der Waals surface area contributed by atoms with Crippen molar-refractivity contribution in [2.45, 2.75) is 37.9 Å². The van der Waals surface area contributed by atoms with Gasteiger partial charge in [-0.25, -0.2) is 4.79 Å². The fourth-order valence-corrected chi connectivity index (χ4v) is 2.87. The van der Waals surface area contributed by atoms with E-state index in [2.05, 4.69) is 10.6 Å². The highest BCUT2D eigenvalue weighted by Gasteiger charge is 2.26. The first-order chi connectivity index (χ1) is 10.5. The maximum absolute atomic E-state index is 11.8. The molecule has 1 aliphatic rings. The molecular formula is C16H23ClN2O3. The molecule has 1 heterocycles. The standard InChI is InChI=1S/C16H23ClN2O3/c1-16(21,13-6-2-3-7-14(13)17)11-19-15(20)18-9-8-12-5-4-10-22-12/h2-3,6-7,12,21H,4-5,8-11H2,1H3,(H2,18,19,20)/t12-,16-/m0/s1. The van der Waals surface area contributed by atoms with Crippen LogP contribution in [0.1, 0.15) is 31.7 Å². The van der Waals surface area contributed by atoms with Gasteiger partial charge >= 0.3 is 6.03 Å². The molecule has 5 nitrogen and oxygen atoms in total. The predicted octanol–water partition coefficient (Wildman–Crippen LogP) is 2.42. The molecule has 0 unspecified atom stereocenters. The maximum atomic E-state index is 11.8.